The van der Waals surface area contributed by atoms with Crippen molar-refractivity contribution in [3.05, 3.63) is 24.8 Å². The Morgan fingerprint density at radius 3 is 2.46 bits per heavy atom. The molecule has 37 heavy (non-hydrogen) atoms. The minimum atomic E-state index is -3.82. The fourth-order valence-electron chi connectivity index (χ4n) is 3.33. The molecule has 0 saturated heterocycles. The predicted octanol–water partition coefficient (Wildman–Crippen LogP) is 4.71. The topological polar surface area (TPSA) is 102 Å². The number of aliphatic hydroxyl groups excluding tert-OH is 1. The fraction of sp³-hybridized carbons (Fsp3) is 0.750. The molecule has 0 fully saturated rings. The van der Waals surface area contributed by atoms with Gasteiger partial charge >= 0.3 is 13.6 Å². The molecule has 0 spiro atoms. The number of methoxy groups -OCH3 is 1. The molecule has 8 nitrogen and oxygen atoms in total. The third-order valence-electron chi connectivity index (χ3n) is 5.75. The number of rotatable bonds is 21. The van der Waals surface area contributed by atoms with E-state index in [-0.39, 0.29) is 12.8 Å². The molecule has 0 amide bonds. The van der Waals surface area contributed by atoms with Crippen LogP contribution in [0, 0.1) is 17.8 Å². The molecule has 0 saturated carbocycles. The number of unbranched alkanes of at least 4 members (excludes halogenated alkanes) is 3. The van der Waals surface area contributed by atoms with Crippen LogP contribution in [0.3, 0.4) is 0 Å². The number of hydrogen-bond donors (Lipinski definition) is 2. The molecule has 0 aromatic carbocycles. The molecule has 2 N–H and O–H groups in total. The maximum atomic E-state index is 12.2. The smallest absolute Gasteiger partial charge is 0.335 e. The summed E-state index contributed by atoms with van der Waals surface area (Å²) in [6.07, 6.45) is 13.0. The van der Waals surface area contributed by atoms with Crippen LogP contribution in [-0.2, 0) is 23.4 Å². The minimum absolute atomic E-state index is 0.0269. The van der Waals surface area contributed by atoms with Gasteiger partial charge in [0.2, 0.25) is 0 Å². The normalized spacial score (nSPS) is 15.9. The summed E-state index contributed by atoms with van der Waals surface area (Å²) in [4.78, 5) is 22.1. The van der Waals surface area contributed by atoms with Crippen LogP contribution in [0.15, 0.2) is 24.8 Å². The monoisotopic (exact) mass is 544 g/mol. The Morgan fingerprint density at radius 2 is 1.81 bits per heavy atom. The molecule has 0 bridgehead atoms. The highest BCUT2D eigenvalue weighted by atomic mass is 31.2. The van der Waals surface area contributed by atoms with Crippen LogP contribution in [0.5, 0.6) is 0 Å². The van der Waals surface area contributed by atoms with Crippen molar-refractivity contribution in [3.8, 4) is 11.8 Å². The van der Waals surface area contributed by atoms with Gasteiger partial charge in [0.1, 0.15) is 12.7 Å². The SMILES string of the molecule is C=CCCCCC(C)CCC/C=C\C#CCC[C@H](OC)C(=O)OC[C@@H](O)COP(=O)(O)CC[N+](C)(C)C. The van der Waals surface area contributed by atoms with Crippen LogP contribution in [0.4, 0.5) is 0 Å². The van der Waals surface area contributed by atoms with Crippen LogP contribution in [0.2, 0.25) is 0 Å². The highest BCUT2D eigenvalue weighted by Gasteiger charge is 2.25. The maximum Gasteiger partial charge on any atom is 0.335 e. The van der Waals surface area contributed by atoms with E-state index in [1.54, 1.807) is 0 Å². The second-order valence-electron chi connectivity index (χ2n) is 10.6. The van der Waals surface area contributed by atoms with Gasteiger partial charge in [-0.15, -0.1) is 6.58 Å². The van der Waals surface area contributed by atoms with Gasteiger partial charge in [0.25, 0.3) is 0 Å². The van der Waals surface area contributed by atoms with Gasteiger partial charge in [-0.1, -0.05) is 50.2 Å². The average Bonchev–Trinajstić information content (AvgIpc) is 2.83. The van der Waals surface area contributed by atoms with Crippen LogP contribution >= 0.6 is 7.60 Å². The van der Waals surface area contributed by atoms with E-state index < -0.39 is 32.4 Å². The molecule has 0 heterocycles. The van der Waals surface area contributed by atoms with Gasteiger partial charge in [0, 0.05) is 13.5 Å². The Labute approximate surface area is 225 Å². The van der Waals surface area contributed by atoms with Crippen LogP contribution in [-0.4, -0.2) is 86.8 Å². The second kappa shape index (κ2) is 20.5. The third-order valence-corrected chi connectivity index (χ3v) is 7.06. The number of hydrogen-bond acceptors (Lipinski definition) is 6. The van der Waals surface area contributed by atoms with E-state index >= 15 is 0 Å². The van der Waals surface area contributed by atoms with Gasteiger partial charge in [-0.05, 0) is 44.1 Å². The summed E-state index contributed by atoms with van der Waals surface area (Å²) in [6, 6.07) is 0. The van der Waals surface area contributed by atoms with Gasteiger partial charge in [-0.25, -0.2) is 4.79 Å². The van der Waals surface area contributed by atoms with Crippen molar-refractivity contribution in [3.63, 3.8) is 0 Å². The zero-order valence-corrected chi connectivity index (χ0v) is 24.6. The second-order valence-corrected chi connectivity index (χ2v) is 12.5. The van der Waals surface area contributed by atoms with E-state index in [9.17, 15) is 19.4 Å². The van der Waals surface area contributed by atoms with Crippen molar-refractivity contribution in [2.45, 2.75) is 76.9 Å². The Kier molecular flexibility index (Phi) is 19.7. The summed E-state index contributed by atoms with van der Waals surface area (Å²) in [5.74, 6) is 6.12. The van der Waals surface area contributed by atoms with E-state index in [0.717, 1.165) is 25.2 Å². The standard InChI is InChI=1S/C28H50NO7P/c1-7-8-9-15-18-25(2)19-16-13-11-10-12-14-17-20-27(34-6)28(31)35-23-26(30)24-36-37(32,33)22-21-29(3,4)5/h7,10-11,25-27,30H,1,8-9,13,15-24H2,2-6H3/p+1/b11-10-/t25?,26-,27+/m1/s1. The van der Waals surface area contributed by atoms with Gasteiger partial charge in [0.05, 0.1) is 40.5 Å². The Bertz CT molecular complexity index is 767. The lowest BCUT2D eigenvalue weighted by molar-refractivity contribution is -0.867. The van der Waals surface area contributed by atoms with E-state index in [1.807, 2.05) is 33.3 Å². The molecular weight excluding hydrogens is 493 g/mol. The first-order chi connectivity index (χ1) is 17.4. The first-order valence-electron chi connectivity index (χ1n) is 13.3. The molecule has 0 aliphatic carbocycles. The molecule has 214 valence electrons. The molecule has 9 heteroatoms. The average molecular weight is 545 g/mol. The molecule has 0 aromatic heterocycles. The zero-order chi connectivity index (χ0) is 28.2. The van der Waals surface area contributed by atoms with Gasteiger partial charge in [0.15, 0.2) is 6.10 Å². The minimum Gasteiger partial charge on any atom is -0.461 e. The van der Waals surface area contributed by atoms with Crippen molar-refractivity contribution in [2.75, 3.05) is 54.2 Å². The van der Waals surface area contributed by atoms with Gasteiger partial charge < -0.3 is 28.5 Å². The summed E-state index contributed by atoms with van der Waals surface area (Å²) in [6.45, 7) is 5.76. The lowest BCUT2D eigenvalue weighted by Crippen LogP contribution is -2.37. The molecule has 0 aliphatic rings. The number of quaternary nitrogens is 1. The van der Waals surface area contributed by atoms with Crippen molar-refractivity contribution in [1.82, 2.24) is 0 Å². The highest BCUT2D eigenvalue weighted by Crippen LogP contribution is 2.41. The number of allylic oxidation sites excluding steroid dienone is 3. The molecule has 0 radical (unpaired) electrons. The number of carbonyl (C=O) groups excluding carboxylic acids is 1. The summed E-state index contributed by atoms with van der Waals surface area (Å²) < 4.78 is 27.8. The Balaban J connectivity index is 4.12. The summed E-state index contributed by atoms with van der Waals surface area (Å²) in [5.41, 5.74) is 0. The number of esters is 1. The molecule has 0 aliphatic heterocycles. The first kappa shape index (κ1) is 35.5. The lowest BCUT2D eigenvalue weighted by atomic mass is 9.97. The molecule has 4 atom stereocenters. The van der Waals surface area contributed by atoms with Gasteiger partial charge in [-0.3, -0.25) is 4.57 Å². The maximum absolute atomic E-state index is 12.2. The third kappa shape index (κ3) is 22.3. The fourth-order valence-corrected chi connectivity index (χ4v) is 4.72. The molecular formula is C28H51NO7P+. The van der Waals surface area contributed by atoms with Crippen LogP contribution < -0.4 is 0 Å². The summed E-state index contributed by atoms with van der Waals surface area (Å²) >= 11 is 0. The Morgan fingerprint density at radius 1 is 1.11 bits per heavy atom. The number of ether oxygens (including phenoxy) is 2. The first-order valence-corrected chi connectivity index (χ1v) is 15.0. The molecule has 0 rings (SSSR count). The van der Waals surface area contributed by atoms with Crippen molar-refractivity contribution >= 4 is 13.6 Å². The van der Waals surface area contributed by atoms with Crippen LogP contribution in [0.1, 0.15) is 64.7 Å². The van der Waals surface area contributed by atoms with E-state index in [1.165, 1.54) is 32.8 Å². The van der Waals surface area contributed by atoms with Crippen molar-refractivity contribution in [1.29, 1.82) is 0 Å². The predicted molar refractivity (Wildman–Crippen MR) is 149 cm³/mol. The number of carbonyl (C=O) groups is 1. The van der Waals surface area contributed by atoms with Crippen molar-refractivity contribution < 1.29 is 37.8 Å². The molecule has 2 unspecified atom stereocenters. The quantitative estimate of drug-likeness (QED) is 0.0539. The summed E-state index contributed by atoms with van der Waals surface area (Å²) in [7, 11) is 3.30. The highest BCUT2D eigenvalue weighted by molar-refractivity contribution is 7.52. The lowest BCUT2D eigenvalue weighted by Gasteiger charge is -2.25. The van der Waals surface area contributed by atoms with Gasteiger partial charge in [-0.2, -0.15) is 0 Å². The van der Waals surface area contributed by atoms with E-state index in [4.69, 9.17) is 14.0 Å². The van der Waals surface area contributed by atoms with Crippen molar-refractivity contribution in [2.24, 2.45) is 5.92 Å². The zero-order valence-electron chi connectivity index (χ0n) is 23.7. The number of nitrogens with zero attached hydrogens (tertiary/aromatic N) is 1. The molecule has 0 aromatic rings. The largest absolute Gasteiger partial charge is 0.461 e. The van der Waals surface area contributed by atoms with E-state index in [2.05, 4.69) is 31.4 Å². The van der Waals surface area contributed by atoms with E-state index in [0.29, 0.717) is 23.9 Å². The summed E-state index contributed by atoms with van der Waals surface area (Å²) in [5, 5.41) is 9.95. The Hall–Kier alpha value is -1.46. The van der Waals surface area contributed by atoms with Crippen LogP contribution in [0.25, 0.3) is 0 Å². The number of aliphatic hydroxyl groups is 1.